The van der Waals surface area contributed by atoms with Crippen LogP contribution in [0.15, 0.2) is 12.1 Å². The fourth-order valence-corrected chi connectivity index (χ4v) is 3.43. The van der Waals surface area contributed by atoms with Gasteiger partial charge in [0.15, 0.2) is 0 Å². The van der Waals surface area contributed by atoms with E-state index in [0.29, 0.717) is 6.04 Å². The van der Waals surface area contributed by atoms with Gasteiger partial charge in [-0.1, -0.05) is 12.5 Å². The largest absolute Gasteiger partial charge is 0.496 e. The average Bonchev–Trinajstić information content (AvgIpc) is 2.47. The Labute approximate surface area is 122 Å². The molecule has 1 aromatic rings. The Bertz CT molecular complexity index is 466. The number of methoxy groups -OCH3 is 1. The maximum Gasteiger partial charge on any atom is 0.123 e. The average molecular weight is 274 g/mol. The van der Waals surface area contributed by atoms with E-state index in [1.807, 2.05) is 0 Å². The van der Waals surface area contributed by atoms with Crippen molar-refractivity contribution in [3.8, 4) is 5.75 Å². The Kier molecular flexibility index (Phi) is 4.27. The minimum absolute atomic E-state index is 0.582. The summed E-state index contributed by atoms with van der Waals surface area (Å²) in [7, 11) is 1.79. The Morgan fingerprint density at radius 1 is 1.20 bits per heavy atom. The minimum atomic E-state index is 0.582. The number of hydrogen-bond acceptors (Lipinski definition) is 3. The molecule has 2 aliphatic heterocycles. The summed E-state index contributed by atoms with van der Waals surface area (Å²) < 4.78 is 5.63. The molecule has 2 heterocycles. The van der Waals surface area contributed by atoms with Gasteiger partial charge in [-0.2, -0.15) is 0 Å². The number of nitrogens with one attached hydrogen (secondary N) is 1. The van der Waals surface area contributed by atoms with Crippen molar-refractivity contribution in [3.05, 3.63) is 28.8 Å². The zero-order valence-corrected chi connectivity index (χ0v) is 12.7. The quantitative estimate of drug-likeness (QED) is 0.917. The molecule has 0 aromatic heterocycles. The summed E-state index contributed by atoms with van der Waals surface area (Å²) in [5.41, 5.74) is 4.27. The first kappa shape index (κ1) is 13.9. The zero-order chi connectivity index (χ0) is 13.9. The first-order valence-electron chi connectivity index (χ1n) is 7.90. The van der Waals surface area contributed by atoms with Gasteiger partial charge in [0.1, 0.15) is 5.75 Å². The second kappa shape index (κ2) is 6.15. The van der Waals surface area contributed by atoms with Crippen LogP contribution in [0.25, 0.3) is 0 Å². The van der Waals surface area contributed by atoms with Gasteiger partial charge in [0.05, 0.1) is 7.11 Å². The molecule has 0 aliphatic carbocycles. The Morgan fingerprint density at radius 2 is 2.00 bits per heavy atom. The van der Waals surface area contributed by atoms with Crippen LogP contribution in [0.3, 0.4) is 0 Å². The summed E-state index contributed by atoms with van der Waals surface area (Å²) in [5.74, 6) is 1.06. The topological polar surface area (TPSA) is 24.5 Å². The van der Waals surface area contributed by atoms with Crippen LogP contribution in [0.2, 0.25) is 0 Å². The molecule has 0 spiro atoms. The monoisotopic (exact) mass is 274 g/mol. The summed E-state index contributed by atoms with van der Waals surface area (Å²) in [6, 6.07) is 5.21. The molecule has 3 rings (SSSR count). The molecule has 3 heteroatoms. The van der Waals surface area contributed by atoms with Gasteiger partial charge in [-0.3, -0.25) is 4.90 Å². The molecule has 0 radical (unpaired) electrons. The molecule has 1 N–H and O–H groups in total. The van der Waals surface area contributed by atoms with Gasteiger partial charge < -0.3 is 10.1 Å². The second-order valence-corrected chi connectivity index (χ2v) is 6.26. The summed E-state index contributed by atoms with van der Waals surface area (Å²) in [6.07, 6.45) is 5.20. The molecule has 1 aromatic carbocycles. The van der Waals surface area contributed by atoms with Crippen LogP contribution in [0.1, 0.15) is 42.9 Å². The lowest BCUT2D eigenvalue weighted by Gasteiger charge is -2.29. The second-order valence-electron chi connectivity index (χ2n) is 6.26. The Balaban J connectivity index is 1.82. The molecular weight excluding hydrogens is 248 g/mol. The molecular formula is C17H26N2O. The number of benzene rings is 1. The number of ether oxygens (including phenoxy) is 1. The van der Waals surface area contributed by atoms with Gasteiger partial charge in [-0.05, 0) is 56.5 Å². The van der Waals surface area contributed by atoms with Crippen LogP contribution >= 0.6 is 0 Å². The van der Waals surface area contributed by atoms with Gasteiger partial charge in [0, 0.05) is 24.7 Å². The molecule has 2 aliphatic rings. The summed E-state index contributed by atoms with van der Waals surface area (Å²) in [5, 5.41) is 3.52. The lowest BCUT2D eigenvalue weighted by atomic mass is 9.93. The third-order valence-corrected chi connectivity index (χ3v) is 4.61. The molecule has 1 unspecified atom stereocenters. The van der Waals surface area contributed by atoms with Crippen molar-refractivity contribution in [2.45, 2.75) is 51.7 Å². The predicted octanol–water partition coefficient (Wildman–Crippen LogP) is 2.72. The van der Waals surface area contributed by atoms with E-state index in [0.717, 1.165) is 25.3 Å². The SMILES string of the molecule is COc1cc2c(cc1CN1CCCCC1)CC(C)NC2. The van der Waals surface area contributed by atoms with Gasteiger partial charge in [0.25, 0.3) is 0 Å². The standard InChI is InChI=1S/C17H26N2O/c1-13-8-14-9-16(12-19-6-4-3-5-7-19)17(20-2)10-15(14)11-18-13/h9-10,13,18H,3-8,11-12H2,1-2H3. The number of piperidine rings is 1. The molecule has 3 nitrogen and oxygen atoms in total. The van der Waals surface area contributed by atoms with Crippen LogP contribution in [0.5, 0.6) is 5.75 Å². The maximum absolute atomic E-state index is 5.63. The normalized spacial score (nSPS) is 23.4. The lowest BCUT2D eigenvalue weighted by Crippen LogP contribution is -2.33. The van der Waals surface area contributed by atoms with Crippen molar-refractivity contribution in [3.63, 3.8) is 0 Å². The van der Waals surface area contributed by atoms with E-state index < -0.39 is 0 Å². The third-order valence-electron chi connectivity index (χ3n) is 4.61. The summed E-state index contributed by atoms with van der Waals surface area (Å²) >= 11 is 0. The van der Waals surface area contributed by atoms with Crippen molar-refractivity contribution < 1.29 is 4.74 Å². The summed E-state index contributed by atoms with van der Waals surface area (Å²) in [6.45, 7) is 6.74. The molecule has 0 amide bonds. The lowest BCUT2D eigenvalue weighted by molar-refractivity contribution is 0.218. The first-order chi connectivity index (χ1) is 9.76. The molecule has 110 valence electrons. The Morgan fingerprint density at radius 3 is 2.75 bits per heavy atom. The molecule has 1 fully saturated rings. The molecule has 0 bridgehead atoms. The fourth-order valence-electron chi connectivity index (χ4n) is 3.43. The van der Waals surface area contributed by atoms with Crippen LogP contribution in [-0.2, 0) is 19.5 Å². The minimum Gasteiger partial charge on any atom is -0.496 e. The van der Waals surface area contributed by atoms with E-state index in [2.05, 4.69) is 29.3 Å². The van der Waals surface area contributed by atoms with Crippen LogP contribution in [0, 0.1) is 0 Å². The third kappa shape index (κ3) is 2.99. The summed E-state index contributed by atoms with van der Waals surface area (Å²) in [4.78, 5) is 2.57. The van der Waals surface area contributed by atoms with E-state index in [9.17, 15) is 0 Å². The van der Waals surface area contributed by atoms with Crippen molar-refractivity contribution >= 4 is 0 Å². The molecule has 20 heavy (non-hydrogen) atoms. The van der Waals surface area contributed by atoms with E-state index in [1.165, 1.54) is 49.0 Å². The fraction of sp³-hybridized carbons (Fsp3) is 0.647. The highest BCUT2D eigenvalue weighted by molar-refractivity contribution is 5.44. The van der Waals surface area contributed by atoms with Crippen molar-refractivity contribution in [1.29, 1.82) is 0 Å². The highest BCUT2D eigenvalue weighted by Crippen LogP contribution is 2.28. The van der Waals surface area contributed by atoms with Crippen LogP contribution in [0.4, 0.5) is 0 Å². The van der Waals surface area contributed by atoms with E-state index in [1.54, 1.807) is 7.11 Å². The van der Waals surface area contributed by atoms with E-state index >= 15 is 0 Å². The number of nitrogens with zero attached hydrogens (tertiary/aromatic N) is 1. The number of likely N-dealkylation sites (tertiary alicyclic amines) is 1. The maximum atomic E-state index is 5.63. The van der Waals surface area contributed by atoms with Gasteiger partial charge in [-0.15, -0.1) is 0 Å². The van der Waals surface area contributed by atoms with Gasteiger partial charge in [0.2, 0.25) is 0 Å². The highest BCUT2D eigenvalue weighted by atomic mass is 16.5. The van der Waals surface area contributed by atoms with Crippen LogP contribution in [-0.4, -0.2) is 31.1 Å². The number of fused-ring (bicyclic) bond motifs is 1. The van der Waals surface area contributed by atoms with Gasteiger partial charge >= 0.3 is 0 Å². The van der Waals surface area contributed by atoms with E-state index in [4.69, 9.17) is 4.74 Å². The molecule has 0 saturated carbocycles. The van der Waals surface area contributed by atoms with Crippen molar-refractivity contribution in [1.82, 2.24) is 10.2 Å². The highest BCUT2D eigenvalue weighted by Gasteiger charge is 2.19. The van der Waals surface area contributed by atoms with Crippen molar-refractivity contribution in [2.75, 3.05) is 20.2 Å². The zero-order valence-electron chi connectivity index (χ0n) is 12.7. The number of hydrogen-bond donors (Lipinski definition) is 1. The predicted molar refractivity (Wildman–Crippen MR) is 82.1 cm³/mol. The smallest absolute Gasteiger partial charge is 0.123 e. The molecule has 1 saturated heterocycles. The molecule has 1 atom stereocenters. The van der Waals surface area contributed by atoms with Crippen molar-refractivity contribution in [2.24, 2.45) is 0 Å². The first-order valence-corrected chi connectivity index (χ1v) is 7.90. The van der Waals surface area contributed by atoms with Crippen LogP contribution < -0.4 is 10.1 Å². The van der Waals surface area contributed by atoms with Gasteiger partial charge in [-0.25, -0.2) is 0 Å². The van der Waals surface area contributed by atoms with E-state index in [-0.39, 0.29) is 0 Å². The Hall–Kier alpha value is -1.06. The number of rotatable bonds is 3.